The molecule has 0 spiro atoms. The molecule has 0 saturated carbocycles. The van der Waals surface area contributed by atoms with Gasteiger partial charge in [0.25, 0.3) is 10.0 Å². The number of benzene rings is 1. The molecule has 1 saturated heterocycles. The highest BCUT2D eigenvalue weighted by Gasteiger charge is 2.34. The third-order valence-corrected chi connectivity index (χ3v) is 7.14. The number of sulfonamides is 1. The van der Waals surface area contributed by atoms with Gasteiger partial charge in [0.2, 0.25) is 5.91 Å². The van der Waals surface area contributed by atoms with E-state index in [0.717, 1.165) is 5.56 Å². The smallest absolute Gasteiger partial charge is 0.262 e. The van der Waals surface area contributed by atoms with Crippen molar-refractivity contribution < 1.29 is 17.7 Å². The molecule has 4 rings (SSSR count). The quantitative estimate of drug-likeness (QED) is 0.627. The Morgan fingerprint density at radius 2 is 2.13 bits per heavy atom. The first-order valence-electron chi connectivity index (χ1n) is 10.2. The Hall–Kier alpha value is -2.98. The molecule has 0 bridgehead atoms. The van der Waals surface area contributed by atoms with Crippen molar-refractivity contribution in [2.45, 2.75) is 37.8 Å². The molecule has 164 valence electrons. The van der Waals surface area contributed by atoms with Crippen LogP contribution in [0.5, 0.6) is 0 Å². The number of imidazole rings is 1. The minimum absolute atomic E-state index is 0.0158. The molecule has 1 aliphatic heterocycles. The van der Waals surface area contributed by atoms with E-state index in [0.29, 0.717) is 30.8 Å². The van der Waals surface area contributed by atoms with E-state index in [4.69, 9.17) is 4.52 Å². The molecular formula is C21H25N5O4S. The fourth-order valence-electron chi connectivity index (χ4n) is 3.60. The van der Waals surface area contributed by atoms with E-state index in [-0.39, 0.29) is 23.5 Å². The second-order valence-corrected chi connectivity index (χ2v) is 9.79. The zero-order valence-electron chi connectivity index (χ0n) is 17.4. The summed E-state index contributed by atoms with van der Waals surface area (Å²) in [5.74, 6) is -0.0427. The van der Waals surface area contributed by atoms with Crippen molar-refractivity contribution in [2.24, 2.45) is 5.92 Å². The number of hydrogen-bond acceptors (Lipinski definition) is 6. The van der Waals surface area contributed by atoms with Crippen LogP contribution >= 0.6 is 0 Å². The molecule has 1 aromatic carbocycles. The molecule has 3 heterocycles. The predicted octanol–water partition coefficient (Wildman–Crippen LogP) is 3.16. The maximum atomic E-state index is 13.0. The Morgan fingerprint density at radius 1 is 1.29 bits per heavy atom. The van der Waals surface area contributed by atoms with Crippen LogP contribution in [0.3, 0.4) is 0 Å². The van der Waals surface area contributed by atoms with Gasteiger partial charge in [0.1, 0.15) is 0 Å². The van der Waals surface area contributed by atoms with Crippen LogP contribution in [0.4, 0.5) is 5.69 Å². The van der Waals surface area contributed by atoms with Gasteiger partial charge in [-0.15, -0.1) is 0 Å². The SMILES string of the molecule is CC(C)n1cnc(S(=O)(=O)N2CCCC(C(=O)Nc3cccc(-c4ccno4)c3)C2)c1. The summed E-state index contributed by atoms with van der Waals surface area (Å²) in [6.45, 7) is 4.42. The van der Waals surface area contributed by atoms with Crippen LogP contribution in [-0.4, -0.2) is 46.4 Å². The van der Waals surface area contributed by atoms with Gasteiger partial charge in [0.05, 0.1) is 18.4 Å². The normalized spacial score (nSPS) is 17.7. The first-order valence-corrected chi connectivity index (χ1v) is 11.6. The van der Waals surface area contributed by atoms with E-state index in [2.05, 4.69) is 15.5 Å². The third kappa shape index (κ3) is 4.54. The molecule has 1 amide bonds. The Balaban J connectivity index is 1.46. The molecule has 1 aliphatic rings. The highest BCUT2D eigenvalue weighted by Crippen LogP contribution is 2.26. The Bertz CT molecular complexity index is 1150. The lowest BCUT2D eigenvalue weighted by molar-refractivity contribution is -0.120. The zero-order valence-corrected chi connectivity index (χ0v) is 18.2. The van der Waals surface area contributed by atoms with Crippen LogP contribution in [0, 0.1) is 5.92 Å². The van der Waals surface area contributed by atoms with Crippen LogP contribution in [0.15, 0.2) is 58.6 Å². The zero-order chi connectivity index (χ0) is 22.0. The highest BCUT2D eigenvalue weighted by atomic mass is 32.2. The summed E-state index contributed by atoms with van der Waals surface area (Å²) in [6.07, 6.45) is 5.86. The van der Waals surface area contributed by atoms with Gasteiger partial charge >= 0.3 is 0 Å². The molecular weight excluding hydrogens is 418 g/mol. The summed E-state index contributed by atoms with van der Waals surface area (Å²) in [5, 5.41) is 6.62. The van der Waals surface area contributed by atoms with Crippen molar-refractivity contribution in [3.8, 4) is 11.3 Å². The Labute approximate surface area is 181 Å². The average Bonchev–Trinajstić information content (AvgIpc) is 3.47. The molecule has 9 nitrogen and oxygen atoms in total. The third-order valence-electron chi connectivity index (χ3n) is 5.39. The highest BCUT2D eigenvalue weighted by molar-refractivity contribution is 7.89. The van der Waals surface area contributed by atoms with E-state index >= 15 is 0 Å². The second kappa shape index (κ2) is 8.64. The number of nitrogens with one attached hydrogen (secondary N) is 1. The Kier molecular flexibility index (Phi) is 5.92. The first-order chi connectivity index (χ1) is 14.8. The number of amides is 1. The van der Waals surface area contributed by atoms with Crippen LogP contribution in [0.1, 0.15) is 32.7 Å². The maximum absolute atomic E-state index is 13.0. The first kappa shape index (κ1) is 21.3. The summed E-state index contributed by atoms with van der Waals surface area (Å²) in [7, 11) is -3.75. The van der Waals surface area contributed by atoms with E-state index < -0.39 is 15.9 Å². The van der Waals surface area contributed by atoms with Gasteiger partial charge < -0.3 is 14.4 Å². The van der Waals surface area contributed by atoms with E-state index in [1.165, 1.54) is 10.6 Å². The average molecular weight is 444 g/mol. The predicted molar refractivity (Wildman–Crippen MR) is 115 cm³/mol. The van der Waals surface area contributed by atoms with Gasteiger partial charge in [-0.1, -0.05) is 17.3 Å². The molecule has 3 aromatic rings. The lowest BCUT2D eigenvalue weighted by Gasteiger charge is -2.30. The summed E-state index contributed by atoms with van der Waals surface area (Å²) < 4.78 is 34.3. The van der Waals surface area contributed by atoms with Crippen LogP contribution in [0.25, 0.3) is 11.3 Å². The van der Waals surface area contributed by atoms with Gasteiger partial charge in [0.15, 0.2) is 10.8 Å². The fourth-order valence-corrected chi connectivity index (χ4v) is 5.05. The van der Waals surface area contributed by atoms with Crippen molar-refractivity contribution in [3.05, 3.63) is 49.1 Å². The molecule has 0 aliphatic carbocycles. The molecule has 0 radical (unpaired) electrons. The summed E-state index contributed by atoms with van der Waals surface area (Å²) in [6, 6.07) is 9.12. The van der Waals surface area contributed by atoms with Gasteiger partial charge in [-0.3, -0.25) is 4.79 Å². The van der Waals surface area contributed by atoms with Gasteiger partial charge in [0, 0.05) is 42.6 Å². The van der Waals surface area contributed by atoms with E-state index in [9.17, 15) is 13.2 Å². The molecule has 1 unspecified atom stereocenters. The van der Waals surface area contributed by atoms with E-state index in [1.807, 2.05) is 26.0 Å². The number of piperidine rings is 1. The molecule has 10 heteroatoms. The molecule has 1 N–H and O–H groups in total. The summed E-state index contributed by atoms with van der Waals surface area (Å²) in [4.78, 5) is 17.0. The molecule has 1 atom stereocenters. The van der Waals surface area contributed by atoms with Crippen LogP contribution < -0.4 is 5.32 Å². The molecule has 31 heavy (non-hydrogen) atoms. The summed E-state index contributed by atoms with van der Waals surface area (Å²) >= 11 is 0. The van der Waals surface area contributed by atoms with Crippen LogP contribution in [-0.2, 0) is 14.8 Å². The molecule has 1 fully saturated rings. The Morgan fingerprint density at radius 3 is 2.84 bits per heavy atom. The monoisotopic (exact) mass is 443 g/mol. The maximum Gasteiger partial charge on any atom is 0.262 e. The lowest BCUT2D eigenvalue weighted by atomic mass is 9.98. The lowest BCUT2D eigenvalue weighted by Crippen LogP contribution is -2.43. The minimum Gasteiger partial charge on any atom is -0.356 e. The number of carbonyl (C=O) groups is 1. The van der Waals surface area contributed by atoms with E-state index in [1.54, 1.807) is 35.2 Å². The second-order valence-electron chi connectivity index (χ2n) is 7.90. The fraction of sp³-hybridized carbons (Fsp3) is 0.381. The number of rotatable bonds is 6. The van der Waals surface area contributed by atoms with Gasteiger partial charge in [-0.05, 0) is 38.8 Å². The topological polar surface area (TPSA) is 110 Å². The minimum atomic E-state index is -3.75. The molecule has 2 aromatic heterocycles. The summed E-state index contributed by atoms with van der Waals surface area (Å²) in [5.41, 5.74) is 1.42. The van der Waals surface area contributed by atoms with Crippen molar-refractivity contribution >= 4 is 21.6 Å². The number of aromatic nitrogens is 3. The number of carbonyl (C=O) groups excluding carboxylic acids is 1. The van der Waals surface area contributed by atoms with Crippen molar-refractivity contribution in [1.82, 2.24) is 19.0 Å². The van der Waals surface area contributed by atoms with Crippen LogP contribution in [0.2, 0.25) is 0 Å². The standard InChI is InChI=1S/C21H25N5O4S/c1-15(2)25-13-20(22-14-25)31(28,29)26-10-4-6-17(12-26)21(27)24-18-7-3-5-16(11-18)19-8-9-23-30-19/h3,5,7-9,11,13-15,17H,4,6,10,12H2,1-2H3,(H,24,27). The van der Waals surface area contributed by atoms with Crippen molar-refractivity contribution in [3.63, 3.8) is 0 Å². The van der Waals surface area contributed by atoms with Gasteiger partial charge in [-0.25, -0.2) is 13.4 Å². The number of nitrogens with zero attached hydrogens (tertiary/aromatic N) is 4. The van der Waals surface area contributed by atoms with Crippen molar-refractivity contribution in [2.75, 3.05) is 18.4 Å². The number of anilines is 1. The van der Waals surface area contributed by atoms with Gasteiger partial charge in [-0.2, -0.15) is 4.31 Å². The largest absolute Gasteiger partial charge is 0.356 e. The van der Waals surface area contributed by atoms with Crippen molar-refractivity contribution in [1.29, 1.82) is 0 Å². The number of hydrogen-bond donors (Lipinski definition) is 1.